The zero-order valence-corrected chi connectivity index (χ0v) is 12.6. The first kappa shape index (κ1) is 14.3. The summed E-state index contributed by atoms with van der Waals surface area (Å²) in [4.78, 5) is 16.7. The molecule has 2 rings (SSSR count). The molecule has 0 saturated carbocycles. The average molecular weight is 282 g/mol. The maximum absolute atomic E-state index is 12.2. The molecule has 2 amide bonds. The highest BCUT2D eigenvalue weighted by molar-refractivity contribution is 7.11. The number of nitrogens with zero attached hydrogens (tertiary/aromatic N) is 1. The fourth-order valence-corrected chi connectivity index (χ4v) is 3.29. The molecule has 19 heavy (non-hydrogen) atoms. The van der Waals surface area contributed by atoms with Crippen molar-refractivity contribution in [2.75, 3.05) is 19.8 Å². The molecule has 5 heteroatoms. The number of carbonyl (C=O) groups excluding carboxylic acids is 1. The number of hydrogen-bond donors (Lipinski definition) is 1. The van der Waals surface area contributed by atoms with Crippen molar-refractivity contribution >= 4 is 17.4 Å². The Morgan fingerprint density at radius 3 is 3.05 bits per heavy atom. The molecule has 1 aliphatic rings. The minimum atomic E-state index is 0.0246. The number of carbonyl (C=O) groups is 1. The normalized spacial score (nSPS) is 21.2. The Morgan fingerprint density at radius 1 is 1.63 bits per heavy atom. The third kappa shape index (κ3) is 3.94. The molecule has 0 spiro atoms. The second-order valence-electron chi connectivity index (χ2n) is 5.18. The zero-order chi connectivity index (χ0) is 13.8. The largest absolute Gasteiger partial charge is 0.377 e. The summed E-state index contributed by atoms with van der Waals surface area (Å²) in [6.07, 6.45) is 0.892. The van der Waals surface area contributed by atoms with E-state index in [0.29, 0.717) is 19.8 Å². The van der Waals surface area contributed by atoms with Crippen molar-refractivity contribution in [2.24, 2.45) is 0 Å². The lowest BCUT2D eigenvalue weighted by Crippen LogP contribution is -2.53. The van der Waals surface area contributed by atoms with E-state index >= 15 is 0 Å². The maximum atomic E-state index is 12.2. The highest BCUT2D eigenvalue weighted by Gasteiger charge is 2.24. The van der Waals surface area contributed by atoms with Gasteiger partial charge in [0.2, 0.25) is 0 Å². The average Bonchev–Trinajstić information content (AvgIpc) is 2.74. The molecule has 4 nitrogen and oxygen atoms in total. The van der Waals surface area contributed by atoms with Gasteiger partial charge in [0.15, 0.2) is 0 Å². The Hall–Kier alpha value is -1.07. The Kier molecular flexibility index (Phi) is 4.82. The molecule has 0 bridgehead atoms. The number of thiophene rings is 1. The van der Waals surface area contributed by atoms with E-state index in [1.807, 2.05) is 11.8 Å². The van der Waals surface area contributed by atoms with Gasteiger partial charge in [0.05, 0.1) is 19.3 Å². The first-order valence-electron chi connectivity index (χ1n) is 6.76. The SMILES string of the molecule is Cc1ccc(C[C@H](C)NC(=O)N2CCOC[C@@H]2C)s1. The highest BCUT2D eigenvalue weighted by Crippen LogP contribution is 2.17. The first-order valence-corrected chi connectivity index (χ1v) is 7.58. The number of amides is 2. The molecule has 1 aromatic rings. The number of urea groups is 1. The summed E-state index contributed by atoms with van der Waals surface area (Å²) in [7, 11) is 0. The minimum absolute atomic E-state index is 0.0246. The van der Waals surface area contributed by atoms with Crippen LogP contribution in [0.2, 0.25) is 0 Å². The molecule has 1 fully saturated rings. The second kappa shape index (κ2) is 6.39. The minimum Gasteiger partial charge on any atom is -0.377 e. The van der Waals surface area contributed by atoms with Gasteiger partial charge in [0.1, 0.15) is 0 Å². The summed E-state index contributed by atoms with van der Waals surface area (Å²) in [6, 6.07) is 4.60. The maximum Gasteiger partial charge on any atom is 0.318 e. The van der Waals surface area contributed by atoms with Crippen LogP contribution in [0, 0.1) is 6.92 Å². The van der Waals surface area contributed by atoms with Crippen molar-refractivity contribution in [1.29, 1.82) is 0 Å². The molecule has 0 radical (unpaired) electrons. The van der Waals surface area contributed by atoms with Gasteiger partial charge in [0.25, 0.3) is 0 Å². The molecular formula is C14H22N2O2S. The molecule has 2 heterocycles. The van der Waals surface area contributed by atoms with E-state index in [1.165, 1.54) is 9.75 Å². The molecular weight excluding hydrogens is 260 g/mol. The van der Waals surface area contributed by atoms with Crippen LogP contribution < -0.4 is 5.32 Å². The van der Waals surface area contributed by atoms with Gasteiger partial charge in [-0.25, -0.2) is 4.79 Å². The summed E-state index contributed by atoms with van der Waals surface area (Å²) >= 11 is 1.79. The number of morpholine rings is 1. The molecule has 0 unspecified atom stereocenters. The van der Waals surface area contributed by atoms with Gasteiger partial charge in [-0.15, -0.1) is 11.3 Å². The van der Waals surface area contributed by atoms with E-state index in [9.17, 15) is 4.79 Å². The second-order valence-corrected chi connectivity index (χ2v) is 6.56. The zero-order valence-electron chi connectivity index (χ0n) is 11.8. The Bertz CT molecular complexity index is 433. The van der Waals surface area contributed by atoms with Gasteiger partial charge in [0, 0.05) is 28.8 Å². The van der Waals surface area contributed by atoms with Crippen LogP contribution in [0.4, 0.5) is 4.79 Å². The van der Waals surface area contributed by atoms with Crippen molar-refractivity contribution in [3.63, 3.8) is 0 Å². The standard InChI is InChI=1S/C14H22N2O2S/c1-10(8-13-5-4-12(3)19-13)15-14(17)16-6-7-18-9-11(16)2/h4-5,10-11H,6-9H2,1-3H3,(H,15,17)/t10-,11-/m0/s1. The number of aryl methyl sites for hydroxylation is 1. The Labute approximate surface area is 118 Å². The predicted octanol–water partition coefficient (Wildman–Crippen LogP) is 2.42. The van der Waals surface area contributed by atoms with Crippen LogP contribution in [-0.2, 0) is 11.2 Å². The Morgan fingerprint density at radius 2 is 2.42 bits per heavy atom. The van der Waals surface area contributed by atoms with E-state index in [4.69, 9.17) is 4.74 Å². The lowest BCUT2D eigenvalue weighted by molar-refractivity contribution is 0.0185. The quantitative estimate of drug-likeness (QED) is 0.925. The number of ether oxygens (including phenoxy) is 1. The fourth-order valence-electron chi connectivity index (χ4n) is 2.27. The van der Waals surface area contributed by atoms with Crippen LogP contribution in [0.15, 0.2) is 12.1 Å². The van der Waals surface area contributed by atoms with Crippen LogP contribution in [0.25, 0.3) is 0 Å². The molecule has 1 saturated heterocycles. The Balaban J connectivity index is 1.84. The summed E-state index contributed by atoms with van der Waals surface area (Å²) < 4.78 is 5.35. The van der Waals surface area contributed by atoms with Gasteiger partial charge in [-0.3, -0.25) is 0 Å². The van der Waals surface area contributed by atoms with Gasteiger partial charge < -0.3 is 15.0 Å². The molecule has 1 aromatic heterocycles. The van der Waals surface area contributed by atoms with Crippen LogP contribution >= 0.6 is 11.3 Å². The van der Waals surface area contributed by atoms with Crippen molar-refractivity contribution in [1.82, 2.24) is 10.2 Å². The van der Waals surface area contributed by atoms with Crippen LogP contribution in [-0.4, -0.2) is 42.8 Å². The highest BCUT2D eigenvalue weighted by atomic mass is 32.1. The smallest absolute Gasteiger partial charge is 0.318 e. The fraction of sp³-hybridized carbons (Fsp3) is 0.643. The monoisotopic (exact) mass is 282 g/mol. The van der Waals surface area contributed by atoms with Crippen LogP contribution in [0.5, 0.6) is 0 Å². The molecule has 0 aromatic carbocycles. The van der Waals surface area contributed by atoms with Crippen molar-refractivity contribution in [3.05, 3.63) is 21.9 Å². The van der Waals surface area contributed by atoms with E-state index < -0.39 is 0 Å². The predicted molar refractivity (Wildman–Crippen MR) is 77.7 cm³/mol. The lowest BCUT2D eigenvalue weighted by atomic mass is 10.2. The van der Waals surface area contributed by atoms with Gasteiger partial charge >= 0.3 is 6.03 Å². The first-order chi connectivity index (χ1) is 9.06. The molecule has 2 atom stereocenters. The molecule has 106 valence electrons. The van der Waals surface area contributed by atoms with E-state index in [0.717, 1.165) is 6.42 Å². The van der Waals surface area contributed by atoms with Gasteiger partial charge in [-0.05, 0) is 32.9 Å². The van der Waals surface area contributed by atoms with Crippen molar-refractivity contribution in [2.45, 2.75) is 39.3 Å². The van der Waals surface area contributed by atoms with E-state index in [-0.39, 0.29) is 18.1 Å². The molecule has 0 aliphatic carbocycles. The topological polar surface area (TPSA) is 41.6 Å². The van der Waals surface area contributed by atoms with Gasteiger partial charge in [-0.1, -0.05) is 0 Å². The van der Waals surface area contributed by atoms with Crippen LogP contribution in [0.3, 0.4) is 0 Å². The summed E-state index contributed by atoms with van der Waals surface area (Å²) in [5, 5.41) is 3.08. The van der Waals surface area contributed by atoms with Crippen LogP contribution in [0.1, 0.15) is 23.6 Å². The van der Waals surface area contributed by atoms with E-state index in [1.54, 1.807) is 11.3 Å². The third-order valence-electron chi connectivity index (χ3n) is 3.30. The van der Waals surface area contributed by atoms with E-state index in [2.05, 4.69) is 31.3 Å². The number of hydrogen-bond acceptors (Lipinski definition) is 3. The number of rotatable bonds is 3. The summed E-state index contributed by atoms with van der Waals surface area (Å²) in [6.45, 7) is 8.12. The van der Waals surface area contributed by atoms with Gasteiger partial charge in [-0.2, -0.15) is 0 Å². The number of nitrogens with one attached hydrogen (secondary N) is 1. The lowest BCUT2D eigenvalue weighted by Gasteiger charge is -2.34. The van der Waals surface area contributed by atoms with Crippen molar-refractivity contribution < 1.29 is 9.53 Å². The summed E-state index contributed by atoms with van der Waals surface area (Å²) in [5.41, 5.74) is 0. The van der Waals surface area contributed by atoms with Crippen molar-refractivity contribution in [3.8, 4) is 0 Å². The molecule has 1 aliphatic heterocycles. The molecule has 1 N–H and O–H groups in total. The summed E-state index contributed by atoms with van der Waals surface area (Å²) in [5.74, 6) is 0. The third-order valence-corrected chi connectivity index (χ3v) is 4.32.